The number of carbonyl (C=O) groups excluding carboxylic acids is 1. The molecule has 0 radical (unpaired) electrons. The van der Waals surface area contributed by atoms with Gasteiger partial charge in [-0.3, -0.25) is 4.79 Å². The van der Waals surface area contributed by atoms with E-state index >= 15 is 0 Å². The summed E-state index contributed by atoms with van der Waals surface area (Å²) < 4.78 is 28.5. The number of aromatic nitrogens is 1. The first-order valence-corrected chi connectivity index (χ1v) is 11.0. The van der Waals surface area contributed by atoms with Gasteiger partial charge >= 0.3 is 0 Å². The zero-order chi connectivity index (χ0) is 20.0. The van der Waals surface area contributed by atoms with Gasteiger partial charge in [-0.05, 0) is 55.9 Å². The lowest BCUT2D eigenvalue weighted by molar-refractivity contribution is -0.121. The molecule has 2 aromatic rings. The van der Waals surface area contributed by atoms with Crippen molar-refractivity contribution in [3.8, 4) is 5.88 Å². The van der Waals surface area contributed by atoms with Crippen LogP contribution in [0.5, 0.6) is 5.88 Å². The van der Waals surface area contributed by atoms with Gasteiger partial charge in [0.05, 0.1) is 4.90 Å². The van der Waals surface area contributed by atoms with Crippen LogP contribution in [0.3, 0.4) is 0 Å². The molecule has 0 unspecified atom stereocenters. The predicted octanol–water partition coefficient (Wildman–Crippen LogP) is 2.30. The Kier molecular flexibility index (Phi) is 6.64. The number of nitrogens with zero attached hydrogens (tertiary/aromatic N) is 1. The Labute approximate surface area is 165 Å². The summed E-state index contributed by atoms with van der Waals surface area (Å²) >= 11 is 0. The Hall–Kier alpha value is -2.45. The van der Waals surface area contributed by atoms with Crippen LogP contribution in [0, 0.1) is 0 Å². The molecule has 0 atom stereocenters. The first-order chi connectivity index (χ1) is 13.4. The van der Waals surface area contributed by atoms with Gasteiger partial charge in [0.1, 0.15) is 6.10 Å². The number of nitrogens with one attached hydrogen (secondary N) is 1. The summed E-state index contributed by atoms with van der Waals surface area (Å²) in [6.45, 7) is 0.360. The van der Waals surface area contributed by atoms with E-state index in [0.717, 1.165) is 24.0 Å². The second kappa shape index (κ2) is 9.16. The Morgan fingerprint density at radius 3 is 2.57 bits per heavy atom. The molecule has 1 heterocycles. The molecule has 0 saturated heterocycles. The van der Waals surface area contributed by atoms with Crippen LogP contribution in [0.2, 0.25) is 0 Å². The SMILES string of the molecule is NS(=O)(=O)c1ccc(CCC(=O)NCc2cccnc2OC2CCCC2)cc1. The number of pyridine rings is 1. The number of amides is 1. The number of carbonyl (C=O) groups is 1. The van der Waals surface area contributed by atoms with Crippen molar-refractivity contribution < 1.29 is 17.9 Å². The van der Waals surface area contributed by atoms with E-state index in [1.165, 1.54) is 25.0 Å². The van der Waals surface area contributed by atoms with Gasteiger partial charge in [-0.2, -0.15) is 0 Å². The highest BCUT2D eigenvalue weighted by Gasteiger charge is 2.18. The Balaban J connectivity index is 1.49. The molecule has 1 aromatic carbocycles. The minimum absolute atomic E-state index is 0.0621. The van der Waals surface area contributed by atoms with Crippen LogP contribution in [0.15, 0.2) is 47.5 Å². The van der Waals surface area contributed by atoms with E-state index in [1.807, 2.05) is 12.1 Å². The third-order valence-corrected chi connectivity index (χ3v) is 5.73. The van der Waals surface area contributed by atoms with Crippen molar-refractivity contribution in [2.24, 2.45) is 5.14 Å². The molecule has 1 aromatic heterocycles. The quantitative estimate of drug-likeness (QED) is 0.702. The topological polar surface area (TPSA) is 111 Å². The minimum atomic E-state index is -3.70. The van der Waals surface area contributed by atoms with Crippen molar-refractivity contribution in [2.45, 2.75) is 56.1 Å². The molecule has 1 aliphatic carbocycles. The fourth-order valence-corrected chi connectivity index (χ4v) is 3.73. The number of rotatable bonds is 8. The van der Waals surface area contributed by atoms with Gasteiger partial charge in [-0.25, -0.2) is 18.5 Å². The summed E-state index contributed by atoms with van der Waals surface area (Å²) in [7, 11) is -3.70. The molecule has 8 heteroatoms. The van der Waals surface area contributed by atoms with E-state index in [-0.39, 0.29) is 16.9 Å². The van der Waals surface area contributed by atoms with E-state index in [2.05, 4.69) is 10.3 Å². The summed E-state index contributed by atoms with van der Waals surface area (Å²) in [6, 6.07) is 9.97. The normalized spacial score (nSPS) is 14.8. The second-order valence-corrected chi connectivity index (χ2v) is 8.52. The van der Waals surface area contributed by atoms with Crippen molar-refractivity contribution >= 4 is 15.9 Å². The van der Waals surface area contributed by atoms with Crippen LogP contribution in [-0.4, -0.2) is 25.4 Å². The first-order valence-electron chi connectivity index (χ1n) is 9.41. The number of hydrogen-bond acceptors (Lipinski definition) is 5. The molecule has 0 aliphatic heterocycles. The smallest absolute Gasteiger partial charge is 0.238 e. The van der Waals surface area contributed by atoms with Crippen molar-refractivity contribution in [3.63, 3.8) is 0 Å². The van der Waals surface area contributed by atoms with E-state index in [9.17, 15) is 13.2 Å². The van der Waals surface area contributed by atoms with Crippen LogP contribution >= 0.6 is 0 Å². The summed E-state index contributed by atoms with van der Waals surface area (Å²) in [4.78, 5) is 16.6. The summed E-state index contributed by atoms with van der Waals surface area (Å²) in [6.07, 6.45) is 7.18. The van der Waals surface area contributed by atoms with Crippen molar-refractivity contribution in [1.82, 2.24) is 10.3 Å². The molecular weight excluding hydrogens is 378 g/mol. The fourth-order valence-electron chi connectivity index (χ4n) is 3.21. The van der Waals surface area contributed by atoms with Gasteiger partial charge in [0, 0.05) is 24.7 Å². The molecule has 1 amide bonds. The average molecular weight is 404 g/mol. The van der Waals surface area contributed by atoms with Crippen molar-refractivity contribution in [1.29, 1.82) is 0 Å². The highest BCUT2D eigenvalue weighted by molar-refractivity contribution is 7.89. The molecule has 1 fully saturated rings. The zero-order valence-corrected chi connectivity index (χ0v) is 16.5. The van der Waals surface area contributed by atoms with E-state index in [1.54, 1.807) is 18.3 Å². The number of nitrogens with two attached hydrogens (primary N) is 1. The molecular formula is C20H25N3O4S. The van der Waals surface area contributed by atoms with Gasteiger partial charge in [0.15, 0.2) is 0 Å². The highest BCUT2D eigenvalue weighted by Crippen LogP contribution is 2.25. The highest BCUT2D eigenvalue weighted by atomic mass is 32.2. The van der Waals surface area contributed by atoms with Gasteiger partial charge < -0.3 is 10.1 Å². The maximum Gasteiger partial charge on any atom is 0.238 e. The number of hydrogen-bond donors (Lipinski definition) is 2. The summed E-state index contributed by atoms with van der Waals surface area (Å²) in [5.74, 6) is 0.500. The Morgan fingerprint density at radius 2 is 1.89 bits per heavy atom. The number of primary sulfonamides is 1. The minimum Gasteiger partial charge on any atom is -0.474 e. The van der Waals surface area contributed by atoms with Gasteiger partial charge in [0.2, 0.25) is 21.8 Å². The second-order valence-electron chi connectivity index (χ2n) is 6.96. The van der Waals surface area contributed by atoms with Crippen LogP contribution < -0.4 is 15.2 Å². The average Bonchev–Trinajstić information content (AvgIpc) is 3.18. The van der Waals surface area contributed by atoms with Crippen LogP contribution in [0.1, 0.15) is 43.2 Å². The zero-order valence-electron chi connectivity index (χ0n) is 15.6. The summed E-state index contributed by atoms with van der Waals surface area (Å²) in [5.41, 5.74) is 1.73. The summed E-state index contributed by atoms with van der Waals surface area (Å²) in [5, 5.41) is 7.98. The van der Waals surface area contributed by atoms with Crippen LogP contribution in [-0.2, 0) is 27.8 Å². The molecule has 0 bridgehead atoms. The lowest BCUT2D eigenvalue weighted by Crippen LogP contribution is -2.24. The van der Waals surface area contributed by atoms with Crippen LogP contribution in [0.4, 0.5) is 0 Å². The third-order valence-electron chi connectivity index (χ3n) is 4.80. The van der Waals surface area contributed by atoms with E-state index in [4.69, 9.17) is 9.88 Å². The first kappa shape index (κ1) is 20.3. The molecule has 0 spiro atoms. The molecule has 7 nitrogen and oxygen atoms in total. The predicted molar refractivity (Wildman–Crippen MR) is 105 cm³/mol. The van der Waals surface area contributed by atoms with Gasteiger partial charge in [-0.1, -0.05) is 18.2 Å². The number of ether oxygens (including phenoxy) is 1. The van der Waals surface area contributed by atoms with E-state index in [0.29, 0.717) is 25.3 Å². The number of benzene rings is 1. The largest absolute Gasteiger partial charge is 0.474 e. The molecule has 1 saturated carbocycles. The number of aryl methyl sites for hydroxylation is 1. The van der Waals surface area contributed by atoms with E-state index < -0.39 is 10.0 Å². The molecule has 3 N–H and O–H groups in total. The van der Waals surface area contributed by atoms with Gasteiger partial charge in [-0.15, -0.1) is 0 Å². The fraction of sp³-hybridized carbons (Fsp3) is 0.400. The van der Waals surface area contributed by atoms with Crippen molar-refractivity contribution in [2.75, 3.05) is 0 Å². The molecule has 28 heavy (non-hydrogen) atoms. The molecule has 1 aliphatic rings. The standard InChI is InChI=1S/C20H25N3O4S/c21-28(25,26)18-10-7-15(8-11-18)9-12-19(24)23-14-16-4-3-13-22-20(16)27-17-5-1-2-6-17/h3-4,7-8,10-11,13,17H,1-2,5-6,9,12,14H2,(H,23,24)(H2,21,25,26). The lowest BCUT2D eigenvalue weighted by atomic mass is 10.1. The molecule has 150 valence electrons. The number of sulfonamides is 1. The Morgan fingerprint density at radius 1 is 1.18 bits per heavy atom. The van der Waals surface area contributed by atoms with Crippen LogP contribution in [0.25, 0.3) is 0 Å². The monoisotopic (exact) mass is 403 g/mol. The van der Waals surface area contributed by atoms with Gasteiger partial charge in [0.25, 0.3) is 0 Å². The van der Waals surface area contributed by atoms with Crippen molar-refractivity contribution in [3.05, 3.63) is 53.7 Å². The third kappa shape index (κ3) is 5.77. The maximum absolute atomic E-state index is 12.2. The lowest BCUT2D eigenvalue weighted by Gasteiger charge is -2.15. The maximum atomic E-state index is 12.2. The molecule has 3 rings (SSSR count). The Bertz CT molecular complexity index is 907.